The van der Waals surface area contributed by atoms with E-state index in [0.717, 1.165) is 12.1 Å². The Morgan fingerprint density at radius 1 is 1.00 bits per heavy atom. The van der Waals surface area contributed by atoms with Gasteiger partial charge in [-0.05, 0) is 69.0 Å². The van der Waals surface area contributed by atoms with Crippen LogP contribution in [-0.4, -0.2) is 35.8 Å². The third-order valence-electron chi connectivity index (χ3n) is 5.22. The highest BCUT2D eigenvalue weighted by molar-refractivity contribution is 7.99. The molecule has 0 bridgehead atoms. The van der Waals surface area contributed by atoms with Gasteiger partial charge in [-0.3, -0.25) is 0 Å². The van der Waals surface area contributed by atoms with Crippen LogP contribution in [0.25, 0.3) is 0 Å². The van der Waals surface area contributed by atoms with Crippen molar-refractivity contribution in [1.29, 1.82) is 0 Å². The molecule has 2 heterocycles. The molecule has 1 N–H and O–H groups in total. The van der Waals surface area contributed by atoms with Crippen LogP contribution in [0.1, 0.15) is 50.1 Å². The number of benzene rings is 1. The van der Waals surface area contributed by atoms with Gasteiger partial charge in [-0.15, -0.1) is 11.8 Å². The van der Waals surface area contributed by atoms with Crippen LogP contribution in [0.5, 0.6) is 0 Å². The van der Waals surface area contributed by atoms with E-state index < -0.39 is 0 Å². The normalized spacial score (nSPS) is 28.1. The van der Waals surface area contributed by atoms with Crippen LogP contribution in [0.4, 0.5) is 0 Å². The third kappa shape index (κ3) is 3.30. The van der Waals surface area contributed by atoms with E-state index in [1.807, 2.05) is 11.8 Å². The maximum absolute atomic E-state index is 3.99. The Bertz CT molecular complexity index is 478. The largest absolute Gasteiger partial charge is 0.307 e. The number of piperidine rings is 1. The fourth-order valence-electron chi connectivity index (χ4n) is 3.85. The minimum atomic E-state index is 0.577. The molecule has 1 aromatic carbocycles. The first kappa shape index (κ1) is 14.1. The van der Waals surface area contributed by atoms with Gasteiger partial charge in [0, 0.05) is 23.0 Å². The number of thioether (sulfide) groups is 1. The van der Waals surface area contributed by atoms with E-state index in [1.165, 1.54) is 62.3 Å². The fraction of sp³-hybridized carbons (Fsp3) is 0.667. The average molecular weight is 302 g/mol. The van der Waals surface area contributed by atoms with Crippen molar-refractivity contribution in [2.24, 2.45) is 0 Å². The van der Waals surface area contributed by atoms with Gasteiger partial charge in [0.15, 0.2) is 0 Å². The highest BCUT2D eigenvalue weighted by Gasteiger charge is 2.32. The zero-order valence-electron chi connectivity index (χ0n) is 12.8. The smallest absolute Gasteiger partial charge is 0.0334 e. The summed E-state index contributed by atoms with van der Waals surface area (Å²) >= 11 is 2.04. The van der Waals surface area contributed by atoms with Crippen molar-refractivity contribution >= 4 is 11.8 Å². The molecule has 0 aromatic heterocycles. The second-order valence-corrected chi connectivity index (χ2v) is 7.93. The van der Waals surface area contributed by atoms with Crippen LogP contribution in [0, 0.1) is 0 Å². The summed E-state index contributed by atoms with van der Waals surface area (Å²) in [6.07, 6.45) is 8.20. The van der Waals surface area contributed by atoms with Crippen LogP contribution in [0.2, 0.25) is 0 Å². The Labute approximate surface area is 132 Å². The number of fused-ring (bicyclic) bond motifs is 1. The molecular formula is C18H26N2S. The van der Waals surface area contributed by atoms with Gasteiger partial charge in [0.25, 0.3) is 0 Å². The SMILES string of the molecule is c1ccc2c(c1)SCCCC2NC1CCN(C2CC2)CC1. The Kier molecular flexibility index (Phi) is 4.24. The quantitative estimate of drug-likeness (QED) is 0.913. The molecule has 4 rings (SSSR count). The topological polar surface area (TPSA) is 15.3 Å². The first-order chi connectivity index (χ1) is 10.4. The molecule has 1 saturated heterocycles. The first-order valence-corrected chi connectivity index (χ1v) is 9.60. The summed E-state index contributed by atoms with van der Waals surface area (Å²) in [5, 5.41) is 3.99. The van der Waals surface area contributed by atoms with Crippen LogP contribution < -0.4 is 5.32 Å². The molecule has 1 unspecified atom stereocenters. The Hall–Kier alpha value is -0.510. The molecule has 2 fully saturated rings. The summed E-state index contributed by atoms with van der Waals surface area (Å²) in [7, 11) is 0. The summed E-state index contributed by atoms with van der Waals surface area (Å²) in [4.78, 5) is 4.22. The van der Waals surface area contributed by atoms with Gasteiger partial charge in [-0.1, -0.05) is 18.2 Å². The second kappa shape index (κ2) is 6.31. The van der Waals surface area contributed by atoms with Crippen molar-refractivity contribution in [1.82, 2.24) is 10.2 Å². The molecule has 3 aliphatic rings. The number of rotatable bonds is 3. The van der Waals surface area contributed by atoms with Crippen molar-refractivity contribution in [2.45, 2.75) is 61.5 Å². The summed E-state index contributed by atoms with van der Waals surface area (Å²) in [6.45, 7) is 2.62. The number of nitrogens with one attached hydrogen (secondary N) is 1. The molecule has 21 heavy (non-hydrogen) atoms. The van der Waals surface area contributed by atoms with Gasteiger partial charge >= 0.3 is 0 Å². The van der Waals surface area contributed by atoms with Crippen LogP contribution in [-0.2, 0) is 0 Å². The summed E-state index contributed by atoms with van der Waals surface area (Å²) < 4.78 is 0. The van der Waals surface area contributed by atoms with Gasteiger partial charge < -0.3 is 10.2 Å². The molecule has 0 radical (unpaired) electrons. The number of hydrogen-bond donors (Lipinski definition) is 1. The molecular weight excluding hydrogens is 276 g/mol. The van der Waals surface area contributed by atoms with Gasteiger partial charge in [0.05, 0.1) is 0 Å². The Morgan fingerprint density at radius 3 is 2.62 bits per heavy atom. The molecule has 2 nitrogen and oxygen atoms in total. The van der Waals surface area contributed by atoms with Gasteiger partial charge in [-0.2, -0.15) is 0 Å². The third-order valence-corrected chi connectivity index (χ3v) is 6.39. The minimum absolute atomic E-state index is 0.577. The predicted octanol–water partition coefficient (Wildman–Crippen LogP) is 3.83. The Morgan fingerprint density at radius 2 is 1.81 bits per heavy atom. The molecule has 0 spiro atoms. The lowest BCUT2D eigenvalue weighted by Crippen LogP contribution is -2.44. The molecule has 1 aliphatic carbocycles. The zero-order valence-corrected chi connectivity index (χ0v) is 13.6. The first-order valence-electron chi connectivity index (χ1n) is 8.62. The number of nitrogens with zero attached hydrogens (tertiary/aromatic N) is 1. The van der Waals surface area contributed by atoms with E-state index in [9.17, 15) is 0 Å². The molecule has 1 atom stereocenters. The minimum Gasteiger partial charge on any atom is -0.307 e. The van der Waals surface area contributed by atoms with Gasteiger partial charge in [0.2, 0.25) is 0 Å². The number of likely N-dealkylation sites (tertiary alicyclic amines) is 1. The van der Waals surface area contributed by atoms with E-state index in [-0.39, 0.29) is 0 Å². The van der Waals surface area contributed by atoms with Crippen molar-refractivity contribution in [3.8, 4) is 0 Å². The molecule has 3 heteroatoms. The lowest BCUT2D eigenvalue weighted by Gasteiger charge is -2.35. The molecule has 114 valence electrons. The van der Waals surface area contributed by atoms with Crippen molar-refractivity contribution < 1.29 is 0 Å². The van der Waals surface area contributed by atoms with E-state index >= 15 is 0 Å². The maximum Gasteiger partial charge on any atom is 0.0334 e. The van der Waals surface area contributed by atoms with Crippen LogP contribution in [0.15, 0.2) is 29.2 Å². The predicted molar refractivity (Wildman–Crippen MR) is 89.9 cm³/mol. The summed E-state index contributed by atoms with van der Waals surface area (Å²) in [6, 6.07) is 11.3. The van der Waals surface area contributed by atoms with E-state index in [4.69, 9.17) is 0 Å². The Balaban J connectivity index is 1.40. The maximum atomic E-state index is 3.99. The molecule has 0 amide bonds. The van der Waals surface area contributed by atoms with E-state index in [0.29, 0.717) is 6.04 Å². The van der Waals surface area contributed by atoms with Crippen molar-refractivity contribution in [3.05, 3.63) is 29.8 Å². The zero-order chi connectivity index (χ0) is 14.1. The van der Waals surface area contributed by atoms with Gasteiger partial charge in [-0.25, -0.2) is 0 Å². The highest BCUT2D eigenvalue weighted by atomic mass is 32.2. The van der Waals surface area contributed by atoms with E-state index in [1.54, 1.807) is 5.56 Å². The van der Waals surface area contributed by atoms with Gasteiger partial charge in [0.1, 0.15) is 0 Å². The molecule has 1 aromatic rings. The lowest BCUT2D eigenvalue weighted by atomic mass is 9.98. The van der Waals surface area contributed by atoms with Crippen LogP contribution >= 0.6 is 11.8 Å². The van der Waals surface area contributed by atoms with Crippen LogP contribution in [0.3, 0.4) is 0 Å². The molecule has 1 saturated carbocycles. The van der Waals surface area contributed by atoms with E-state index in [2.05, 4.69) is 34.5 Å². The second-order valence-electron chi connectivity index (χ2n) is 6.79. The lowest BCUT2D eigenvalue weighted by molar-refractivity contribution is 0.181. The van der Waals surface area contributed by atoms with Crippen molar-refractivity contribution in [3.63, 3.8) is 0 Å². The highest BCUT2D eigenvalue weighted by Crippen LogP contribution is 2.35. The van der Waals surface area contributed by atoms with Crippen molar-refractivity contribution in [2.75, 3.05) is 18.8 Å². The fourth-order valence-corrected chi connectivity index (χ4v) is 4.94. The molecule has 2 aliphatic heterocycles. The number of hydrogen-bond acceptors (Lipinski definition) is 3. The summed E-state index contributed by atoms with van der Waals surface area (Å²) in [5.74, 6) is 1.27. The standard InChI is InChI=1S/C18H26N2S/c1-2-6-18-16(4-1)17(5-3-13-21-18)19-14-9-11-20(12-10-14)15-7-8-15/h1-2,4,6,14-15,17,19H,3,5,7-13H2. The summed E-state index contributed by atoms with van der Waals surface area (Å²) in [5.41, 5.74) is 1.55. The average Bonchev–Trinajstić information content (AvgIpc) is 3.36. The monoisotopic (exact) mass is 302 g/mol.